The van der Waals surface area contributed by atoms with Crippen LogP contribution in [-0.2, 0) is 0 Å². The minimum atomic E-state index is -1.41. The van der Waals surface area contributed by atoms with Gasteiger partial charge in [0.05, 0.1) is 12.2 Å². The van der Waals surface area contributed by atoms with Gasteiger partial charge in [0.15, 0.2) is 6.19 Å². The van der Waals surface area contributed by atoms with E-state index in [1.807, 2.05) is 24.3 Å². The normalized spacial score (nSPS) is 9.89. The number of benzene rings is 1. The molecule has 0 aliphatic rings. The number of para-hydroxylation sites is 1. The molecule has 0 spiro atoms. The summed E-state index contributed by atoms with van der Waals surface area (Å²) in [6.45, 7) is 10.8. The van der Waals surface area contributed by atoms with Crippen molar-refractivity contribution in [1.82, 2.24) is 0 Å². The van der Waals surface area contributed by atoms with Gasteiger partial charge in [-0.2, -0.15) is 5.26 Å². The van der Waals surface area contributed by atoms with Crippen LogP contribution in [0.5, 0.6) is 0 Å². The van der Waals surface area contributed by atoms with Gasteiger partial charge in [-0.15, -0.1) is 12.1 Å². The zero-order valence-corrected chi connectivity index (χ0v) is 12.2. The molecule has 0 saturated carbocycles. The minimum Gasteiger partial charge on any atom is -0.274 e. The van der Waals surface area contributed by atoms with Gasteiger partial charge in [-0.1, -0.05) is 43.8 Å². The molecule has 0 heterocycles. The highest BCUT2D eigenvalue weighted by Gasteiger charge is 2.10. The first kappa shape index (κ1) is 14.1. The number of nitrogens with zero attached hydrogens (tertiary/aromatic N) is 2. The molecule has 1 rings (SSSR count). The van der Waals surface area contributed by atoms with E-state index in [1.165, 1.54) is 0 Å². The molecule has 2 nitrogen and oxygen atoms in total. The van der Waals surface area contributed by atoms with Crippen molar-refractivity contribution >= 4 is 13.8 Å². The standard InChI is InChI=1S/C15H18N2Si/c1-5-11-17(13-16)15-9-7-6-8-14(15)10-12-18(2,3)4/h5-9H,1,11H2,2-4H3. The van der Waals surface area contributed by atoms with E-state index in [4.69, 9.17) is 5.26 Å². The molecule has 18 heavy (non-hydrogen) atoms. The van der Waals surface area contributed by atoms with Gasteiger partial charge in [0, 0.05) is 5.56 Å². The maximum atomic E-state index is 9.15. The van der Waals surface area contributed by atoms with Crippen molar-refractivity contribution in [2.75, 3.05) is 11.4 Å². The SMILES string of the molecule is C=CCN(C#N)c1ccccc1C#C[Si](C)(C)C. The molecule has 0 atom stereocenters. The van der Waals surface area contributed by atoms with Crippen LogP contribution in [0.3, 0.4) is 0 Å². The van der Waals surface area contributed by atoms with Crippen LogP contribution in [-0.4, -0.2) is 14.6 Å². The number of rotatable bonds is 3. The molecular weight excluding hydrogens is 236 g/mol. The maximum Gasteiger partial charge on any atom is 0.184 e. The summed E-state index contributed by atoms with van der Waals surface area (Å²) in [6, 6.07) is 7.74. The first-order valence-electron chi connectivity index (χ1n) is 5.88. The molecular formula is C15H18N2Si. The first-order valence-corrected chi connectivity index (χ1v) is 9.38. The molecule has 0 aromatic heterocycles. The Labute approximate surface area is 111 Å². The summed E-state index contributed by atoms with van der Waals surface area (Å²) >= 11 is 0. The fourth-order valence-corrected chi connectivity index (χ4v) is 1.90. The Hall–Kier alpha value is -1.97. The predicted octanol–water partition coefficient (Wildman–Crippen LogP) is 3.39. The van der Waals surface area contributed by atoms with Crippen molar-refractivity contribution in [3.63, 3.8) is 0 Å². The summed E-state index contributed by atoms with van der Waals surface area (Å²) in [5, 5.41) is 9.15. The number of anilines is 1. The molecule has 3 heteroatoms. The summed E-state index contributed by atoms with van der Waals surface area (Å²) in [6.07, 6.45) is 3.88. The Balaban J connectivity index is 3.17. The average Bonchev–Trinajstić information content (AvgIpc) is 2.33. The molecule has 0 saturated heterocycles. The van der Waals surface area contributed by atoms with Crippen LogP contribution < -0.4 is 4.90 Å². The lowest BCUT2D eigenvalue weighted by atomic mass is 10.1. The third kappa shape index (κ3) is 4.12. The van der Waals surface area contributed by atoms with Gasteiger partial charge in [-0.25, -0.2) is 0 Å². The Bertz CT molecular complexity index is 524. The third-order valence-electron chi connectivity index (χ3n) is 2.20. The van der Waals surface area contributed by atoms with Crippen LogP contribution in [0, 0.1) is 22.9 Å². The topological polar surface area (TPSA) is 27.0 Å². The van der Waals surface area contributed by atoms with Crippen LogP contribution in [0.1, 0.15) is 5.56 Å². The lowest BCUT2D eigenvalue weighted by molar-refractivity contribution is 1.10. The van der Waals surface area contributed by atoms with Gasteiger partial charge < -0.3 is 0 Å². The highest BCUT2D eigenvalue weighted by atomic mass is 28.3. The number of hydrogen-bond donors (Lipinski definition) is 0. The highest BCUT2D eigenvalue weighted by Crippen LogP contribution is 2.19. The Kier molecular flexibility index (Phi) is 4.77. The molecule has 0 amide bonds. The summed E-state index contributed by atoms with van der Waals surface area (Å²) in [5.74, 6) is 3.21. The number of nitriles is 1. The van der Waals surface area contributed by atoms with E-state index < -0.39 is 8.07 Å². The Morgan fingerprint density at radius 2 is 2.00 bits per heavy atom. The van der Waals surface area contributed by atoms with Crippen LogP contribution in [0.2, 0.25) is 19.6 Å². The van der Waals surface area contributed by atoms with Crippen LogP contribution in [0.15, 0.2) is 36.9 Å². The van der Waals surface area contributed by atoms with Crippen LogP contribution in [0.25, 0.3) is 0 Å². The molecule has 0 aliphatic heterocycles. The molecule has 0 radical (unpaired) electrons. The largest absolute Gasteiger partial charge is 0.274 e. The van der Waals surface area contributed by atoms with Crippen LogP contribution in [0.4, 0.5) is 5.69 Å². The fraction of sp³-hybridized carbons (Fsp3) is 0.267. The third-order valence-corrected chi connectivity index (χ3v) is 3.07. The zero-order valence-electron chi connectivity index (χ0n) is 11.2. The van der Waals surface area contributed by atoms with Crippen molar-refractivity contribution in [3.8, 4) is 17.7 Å². The van der Waals surface area contributed by atoms with E-state index in [0.29, 0.717) is 6.54 Å². The maximum absolute atomic E-state index is 9.15. The van der Waals surface area contributed by atoms with E-state index in [0.717, 1.165) is 11.3 Å². The molecule has 0 fully saturated rings. The number of hydrogen-bond acceptors (Lipinski definition) is 2. The molecule has 92 valence electrons. The Morgan fingerprint density at radius 3 is 2.56 bits per heavy atom. The van der Waals surface area contributed by atoms with E-state index in [1.54, 1.807) is 11.0 Å². The quantitative estimate of drug-likeness (QED) is 0.272. The van der Waals surface area contributed by atoms with Crippen molar-refractivity contribution in [1.29, 1.82) is 5.26 Å². The predicted molar refractivity (Wildman–Crippen MR) is 79.8 cm³/mol. The second-order valence-corrected chi connectivity index (χ2v) is 9.77. The van der Waals surface area contributed by atoms with Crippen molar-refractivity contribution in [2.24, 2.45) is 0 Å². The Morgan fingerprint density at radius 1 is 1.33 bits per heavy atom. The van der Waals surface area contributed by atoms with Gasteiger partial charge in [0.1, 0.15) is 8.07 Å². The van der Waals surface area contributed by atoms with Gasteiger partial charge in [-0.3, -0.25) is 4.90 Å². The van der Waals surface area contributed by atoms with E-state index in [2.05, 4.69) is 43.9 Å². The van der Waals surface area contributed by atoms with Gasteiger partial charge in [0.2, 0.25) is 0 Å². The molecule has 1 aromatic rings. The van der Waals surface area contributed by atoms with Gasteiger partial charge >= 0.3 is 0 Å². The highest BCUT2D eigenvalue weighted by molar-refractivity contribution is 6.83. The first-order chi connectivity index (χ1) is 8.48. The van der Waals surface area contributed by atoms with Gasteiger partial charge in [0.25, 0.3) is 0 Å². The van der Waals surface area contributed by atoms with Gasteiger partial charge in [-0.05, 0) is 12.1 Å². The summed E-state index contributed by atoms with van der Waals surface area (Å²) < 4.78 is 0. The fourth-order valence-electron chi connectivity index (χ4n) is 1.39. The van der Waals surface area contributed by atoms with E-state index in [9.17, 15) is 0 Å². The average molecular weight is 254 g/mol. The van der Waals surface area contributed by atoms with Crippen molar-refractivity contribution in [2.45, 2.75) is 19.6 Å². The summed E-state index contributed by atoms with van der Waals surface area (Å²) in [4.78, 5) is 1.60. The molecule has 1 aromatic carbocycles. The van der Waals surface area contributed by atoms with E-state index in [-0.39, 0.29) is 0 Å². The molecule has 0 N–H and O–H groups in total. The minimum absolute atomic E-state index is 0.502. The van der Waals surface area contributed by atoms with Crippen LogP contribution >= 0.6 is 0 Å². The lowest BCUT2D eigenvalue weighted by Gasteiger charge is -2.15. The van der Waals surface area contributed by atoms with E-state index >= 15 is 0 Å². The summed E-state index contributed by atoms with van der Waals surface area (Å²) in [7, 11) is -1.41. The smallest absolute Gasteiger partial charge is 0.184 e. The van der Waals surface area contributed by atoms with Crippen molar-refractivity contribution in [3.05, 3.63) is 42.5 Å². The molecule has 0 aliphatic carbocycles. The second-order valence-electron chi connectivity index (χ2n) is 5.02. The lowest BCUT2D eigenvalue weighted by Crippen LogP contribution is -2.18. The zero-order chi connectivity index (χ0) is 13.6. The molecule has 0 unspecified atom stereocenters. The summed E-state index contributed by atoms with van der Waals surface area (Å²) in [5.41, 5.74) is 5.08. The van der Waals surface area contributed by atoms with Crippen molar-refractivity contribution < 1.29 is 0 Å². The monoisotopic (exact) mass is 254 g/mol. The second kappa shape index (κ2) is 6.09. The molecule has 0 bridgehead atoms.